The third-order valence-corrected chi connectivity index (χ3v) is 4.93. The lowest BCUT2D eigenvalue weighted by atomic mass is 9.90. The summed E-state index contributed by atoms with van der Waals surface area (Å²) in [5.41, 5.74) is -0.256. The van der Waals surface area contributed by atoms with Gasteiger partial charge in [0.2, 0.25) is 11.8 Å². The maximum absolute atomic E-state index is 12.2. The van der Waals surface area contributed by atoms with E-state index in [1.54, 1.807) is 11.3 Å². The lowest BCUT2D eigenvalue weighted by Gasteiger charge is -2.43. The topological polar surface area (TPSA) is 58.6 Å². The first-order valence-electron chi connectivity index (χ1n) is 6.88. The van der Waals surface area contributed by atoms with Crippen LogP contribution in [0.5, 0.6) is 0 Å². The first-order valence-corrected chi connectivity index (χ1v) is 7.76. The molecule has 2 aliphatic rings. The van der Waals surface area contributed by atoms with E-state index < -0.39 is 0 Å². The Morgan fingerprint density at radius 3 is 2.85 bits per heavy atom. The second-order valence-corrected chi connectivity index (χ2v) is 6.42. The van der Waals surface area contributed by atoms with E-state index in [1.807, 2.05) is 22.4 Å². The van der Waals surface area contributed by atoms with Gasteiger partial charge in [-0.05, 0) is 24.3 Å². The van der Waals surface area contributed by atoms with Crippen LogP contribution in [0.15, 0.2) is 17.5 Å². The van der Waals surface area contributed by atoms with Gasteiger partial charge in [0.05, 0.1) is 12.0 Å². The van der Waals surface area contributed by atoms with Gasteiger partial charge in [-0.2, -0.15) is 0 Å². The fourth-order valence-corrected chi connectivity index (χ4v) is 3.44. The van der Waals surface area contributed by atoms with Gasteiger partial charge in [0, 0.05) is 24.5 Å². The molecule has 0 saturated carbocycles. The van der Waals surface area contributed by atoms with Gasteiger partial charge in [-0.25, -0.2) is 0 Å². The number of nitrogens with one attached hydrogen (secondary N) is 1. The number of hydrogen-bond acceptors (Lipinski definition) is 4. The maximum Gasteiger partial charge on any atom is 0.246 e. The number of nitrogens with zero attached hydrogens (tertiary/aromatic N) is 1. The third-order valence-electron chi connectivity index (χ3n) is 4.05. The minimum absolute atomic E-state index is 0.0492. The van der Waals surface area contributed by atoms with Crippen molar-refractivity contribution in [3.8, 4) is 0 Å². The van der Waals surface area contributed by atoms with E-state index in [4.69, 9.17) is 4.74 Å². The molecule has 0 radical (unpaired) electrons. The number of rotatable bonds is 2. The summed E-state index contributed by atoms with van der Waals surface area (Å²) >= 11 is 1.62. The number of thiophene rings is 1. The summed E-state index contributed by atoms with van der Waals surface area (Å²) in [7, 11) is 0. The molecule has 5 nitrogen and oxygen atoms in total. The number of hydrogen-bond donors (Lipinski definition) is 1. The third kappa shape index (κ3) is 2.86. The average molecular weight is 294 g/mol. The Labute approximate surface area is 121 Å². The van der Waals surface area contributed by atoms with Gasteiger partial charge in [-0.15, -0.1) is 11.3 Å². The summed E-state index contributed by atoms with van der Waals surface area (Å²) < 4.78 is 5.70. The molecule has 3 heterocycles. The summed E-state index contributed by atoms with van der Waals surface area (Å²) in [5.74, 6) is 0.133. The molecule has 108 valence electrons. The number of amides is 2. The first-order chi connectivity index (χ1) is 9.67. The van der Waals surface area contributed by atoms with Gasteiger partial charge in [-0.3, -0.25) is 9.59 Å². The highest BCUT2D eigenvalue weighted by atomic mass is 32.1. The summed E-state index contributed by atoms with van der Waals surface area (Å²) in [6.45, 7) is 2.13. The molecule has 1 aromatic heterocycles. The minimum atomic E-state index is -0.256. The minimum Gasteiger partial charge on any atom is -0.363 e. The summed E-state index contributed by atoms with van der Waals surface area (Å²) in [6, 6.07) is 3.96. The van der Waals surface area contributed by atoms with Crippen LogP contribution >= 0.6 is 11.3 Å². The molecule has 6 heteroatoms. The largest absolute Gasteiger partial charge is 0.363 e. The van der Waals surface area contributed by atoms with Gasteiger partial charge < -0.3 is 15.0 Å². The first kappa shape index (κ1) is 13.6. The number of morpholine rings is 1. The SMILES string of the molecule is O=C1COC2(CCN(C(=O)Cc3cccs3)CC2)CN1. The molecule has 0 unspecified atom stereocenters. The average Bonchev–Trinajstić information content (AvgIpc) is 2.96. The highest BCUT2D eigenvalue weighted by Crippen LogP contribution is 2.28. The van der Waals surface area contributed by atoms with Crippen molar-refractivity contribution in [2.45, 2.75) is 24.9 Å². The Morgan fingerprint density at radius 1 is 1.45 bits per heavy atom. The van der Waals surface area contributed by atoms with Crippen molar-refractivity contribution in [1.29, 1.82) is 0 Å². The second-order valence-electron chi connectivity index (χ2n) is 5.39. The quantitative estimate of drug-likeness (QED) is 0.877. The molecule has 2 saturated heterocycles. The van der Waals surface area contributed by atoms with E-state index in [-0.39, 0.29) is 24.0 Å². The molecule has 0 bridgehead atoms. The molecule has 2 fully saturated rings. The van der Waals surface area contributed by atoms with Gasteiger partial charge in [0.15, 0.2) is 0 Å². The van der Waals surface area contributed by atoms with Crippen molar-refractivity contribution in [3.05, 3.63) is 22.4 Å². The fourth-order valence-electron chi connectivity index (χ4n) is 2.74. The van der Waals surface area contributed by atoms with E-state index in [1.165, 1.54) is 0 Å². The van der Waals surface area contributed by atoms with Crippen molar-refractivity contribution < 1.29 is 14.3 Å². The predicted octanol–water partition coefficient (Wildman–Crippen LogP) is 0.798. The van der Waals surface area contributed by atoms with E-state index >= 15 is 0 Å². The summed E-state index contributed by atoms with van der Waals surface area (Å²) in [6.07, 6.45) is 2.08. The van der Waals surface area contributed by atoms with Crippen LogP contribution in [-0.2, 0) is 20.7 Å². The van der Waals surface area contributed by atoms with Gasteiger partial charge in [0.25, 0.3) is 0 Å². The molecule has 1 N–H and O–H groups in total. The zero-order chi connectivity index (χ0) is 14.0. The predicted molar refractivity (Wildman–Crippen MR) is 75.5 cm³/mol. The van der Waals surface area contributed by atoms with E-state index in [0.717, 1.165) is 17.7 Å². The van der Waals surface area contributed by atoms with Crippen LogP contribution in [0.4, 0.5) is 0 Å². The van der Waals surface area contributed by atoms with Gasteiger partial charge in [0.1, 0.15) is 6.61 Å². The highest BCUT2D eigenvalue weighted by molar-refractivity contribution is 7.10. The summed E-state index contributed by atoms with van der Waals surface area (Å²) in [4.78, 5) is 26.4. The standard InChI is InChI=1S/C14H18N2O3S/c17-12-9-19-14(10-15-12)3-5-16(6-4-14)13(18)8-11-2-1-7-20-11/h1-2,7H,3-6,8-10H2,(H,15,17). The smallest absolute Gasteiger partial charge is 0.246 e. The van der Waals surface area contributed by atoms with Crippen molar-refractivity contribution in [2.24, 2.45) is 0 Å². The number of carbonyl (C=O) groups is 2. The highest BCUT2D eigenvalue weighted by Gasteiger charge is 2.39. The van der Waals surface area contributed by atoms with Crippen molar-refractivity contribution in [3.63, 3.8) is 0 Å². The van der Waals surface area contributed by atoms with Gasteiger partial charge in [-0.1, -0.05) is 6.07 Å². The van der Waals surface area contributed by atoms with Crippen LogP contribution in [0, 0.1) is 0 Å². The lowest BCUT2D eigenvalue weighted by molar-refractivity contribution is -0.154. The van der Waals surface area contributed by atoms with Crippen LogP contribution in [0.1, 0.15) is 17.7 Å². The van der Waals surface area contributed by atoms with Crippen LogP contribution in [-0.4, -0.2) is 48.6 Å². The lowest BCUT2D eigenvalue weighted by Crippen LogP contribution is -2.58. The molecular formula is C14H18N2O3S. The molecule has 20 heavy (non-hydrogen) atoms. The fraction of sp³-hybridized carbons (Fsp3) is 0.571. The molecule has 0 aromatic carbocycles. The number of carbonyl (C=O) groups excluding carboxylic acids is 2. The molecular weight excluding hydrogens is 276 g/mol. The zero-order valence-electron chi connectivity index (χ0n) is 11.3. The number of piperidine rings is 1. The van der Waals surface area contributed by atoms with E-state index in [0.29, 0.717) is 26.1 Å². The Bertz CT molecular complexity index is 481. The Hall–Kier alpha value is -1.40. The van der Waals surface area contributed by atoms with Crippen molar-refractivity contribution in [2.75, 3.05) is 26.2 Å². The molecule has 2 amide bonds. The van der Waals surface area contributed by atoms with Gasteiger partial charge >= 0.3 is 0 Å². The zero-order valence-corrected chi connectivity index (χ0v) is 12.1. The van der Waals surface area contributed by atoms with Crippen LogP contribution in [0.25, 0.3) is 0 Å². The molecule has 0 atom stereocenters. The monoisotopic (exact) mass is 294 g/mol. The van der Waals surface area contributed by atoms with E-state index in [2.05, 4.69) is 5.32 Å². The molecule has 3 rings (SSSR count). The van der Waals surface area contributed by atoms with Crippen LogP contribution in [0.2, 0.25) is 0 Å². The van der Waals surface area contributed by atoms with Crippen molar-refractivity contribution >= 4 is 23.2 Å². The Kier molecular flexibility index (Phi) is 3.76. The maximum atomic E-state index is 12.2. The molecule has 0 aliphatic carbocycles. The van der Waals surface area contributed by atoms with Crippen LogP contribution < -0.4 is 5.32 Å². The number of ether oxygens (including phenoxy) is 1. The van der Waals surface area contributed by atoms with Crippen LogP contribution in [0.3, 0.4) is 0 Å². The number of likely N-dealkylation sites (tertiary alicyclic amines) is 1. The Balaban J connectivity index is 1.53. The Morgan fingerprint density at radius 2 is 2.25 bits per heavy atom. The molecule has 2 aliphatic heterocycles. The molecule has 1 spiro atoms. The second kappa shape index (κ2) is 5.54. The van der Waals surface area contributed by atoms with E-state index in [9.17, 15) is 9.59 Å². The molecule has 1 aromatic rings. The van der Waals surface area contributed by atoms with Crippen molar-refractivity contribution in [1.82, 2.24) is 10.2 Å². The normalized spacial score (nSPS) is 21.8. The summed E-state index contributed by atoms with van der Waals surface area (Å²) in [5, 5.41) is 4.85.